The predicted octanol–water partition coefficient (Wildman–Crippen LogP) is 1.46. The van der Waals surface area contributed by atoms with Gasteiger partial charge in [-0.1, -0.05) is 5.16 Å². The fourth-order valence-electron chi connectivity index (χ4n) is 1.40. The highest BCUT2D eigenvalue weighted by molar-refractivity contribution is 7.07. The minimum Gasteiger partial charge on any atom is -0.476 e. The minimum atomic E-state index is -1.08. The molecule has 0 saturated carbocycles. The SMILES string of the molecule is CN(Cc1cscn1)Cc1cc(C(=O)O)no1. The molecule has 2 rings (SSSR count). The fourth-order valence-corrected chi connectivity index (χ4v) is 1.95. The highest BCUT2D eigenvalue weighted by Crippen LogP contribution is 2.09. The van der Waals surface area contributed by atoms with Gasteiger partial charge in [-0.2, -0.15) is 0 Å². The molecule has 0 bridgehead atoms. The molecule has 1 N–H and O–H groups in total. The summed E-state index contributed by atoms with van der Waals surface area (Å²) in [6.07, 6.45) is 0. The summed E-state index contributed by atoms with van der Waals surface area (Å²) in [5.41, 5.74) is 2.69. The average Bonchev–Trinajstić information content (AvgIpc) is 2.88. The van der Waals surface area contributed by atoms with Crippen LogP contribution in [0.15, 0.2) is 21.5 Å². The van der Waals surface area contributed by atoms with Crippen LogP contribution >= 0.6 is 11.3 Å². The van der Waals surface area contributed by atoms with E-state index >= 15 is 0 Å². The monoisotopic (exact) mass is 253 g/mol. The molecule has 17 heavy (non-hydrogen) atoms. The largest absolute Gasteiger partial charge is 0.476 e. The number of carbonyl (C=O) groups is 1. The van der Waals surface area contributed by atoms with Crippen molar-refractivity contribution in [2.75, 3.05) is 7.05 Å². The van der Waals surface area contributed by atoms with Crippen molar-refractivity contribution >= 4 is 17.3 Å². The van der Waals surface area contributed by atoms with Crippen molar-refractivity contribution in [1.82, 2.24) is 15.0 Å². The Hall–Kier alpha value is -1.73. The summed E-state index contributed by atoms with van der Waals surface area (Å²) in [5, 5.41) is 14.1. The number of hydrogen-bond acceptors (Lipinski definition) is 6. The van der Waals surface area contributed by atoms with E-state index in [1.54, 1.807) is 16.8 Å². The van der Waals surface area contributed by atoms with E-state index in [9.17, 15) is 4.79 Å². The van der Waals surface area contributed by atoms with Gasteiger partial charge in [0.25, 0.3) is 0 Å². The number of rotatable bonds is 5. The van der Waals surface area contributed by atoms with Crippen LogP contribution in [0.4, 0.5) is 0 Å². The Morgan fingerprint density at radius 3 is 3.00 bits per heavy atom. The summed E-state index contributed by atoms with van der Waals surface area (Å²) in [6.45, 7) is 1.18. The molecule has 0 aliphatic carbocycles. The van der Waals surface area contributed by atoms with Gasteiger partial charge in [-0.15, -0.1) is 11.3 Å². The molecule has 90 valence electrons. The first kappa shape index (κ1) is 11.7. The quantitative estimate of drug-likeness (QED) is 0.869. The third-order valence-corrected chi connectivity index (χ3v) is 2.75. The molecule has 0 atom stereocenters. The summed E-state index contributed by atoms with van der Waals surface area (Å²) >= 11 is 1.54. The molecule has 7 heteroatoms. The van der Waals surface area contributed by atoms with Crippen molar-refractivity contribution in [1.29, 1.82) is 0 Å². The Bertz CT molecular complexity index is 495. The normalized spacial score (nSPS) is 10.9. The van der Waals surface area contributed by atoms with Crippen molar-refractivity contribution in [2.24, 2.45) is 0 Å². The second-order valence-corrected chi connectivity index (χ2v) is 4.35. The summed E-state index contributed by atoms with van der Waals surface area (Å²) in [5.74, 6) is -0.553. The van der Waals surface area contributed by atoms with E-state index in [1.807, 2.05) is 17.3 Å². The number of aromatic nitrogens is 2. The van der Waals surface area contributed by atoms with Gasteiger partial charge in [0.15, 0.2) is 11.5 Å². The standard InChI is InChI=1S/C10H11N3O3S/c1-13(3-7-5-17-6-11-7)4-8-2-9(10(14)15)12-16-8/h2,5-6H,3-4H2,1H3,(H,14,15). The van der Waals surface area contributed by atoms with E-state index in [2.05, 4.69) is 10.1 Å². The van der Waals surface area contributed by atoms with E-state index < -0.39 is 5.97 Å². The van der Waals surface area contributed by atoms with E-state index in [1.165, 1.54) is 6.07 Å². The zero-order valence-corrected chi connectivity index (χ0v) is 9.98. The third kappa shape index (κ3) is 3.11. The molecule has 0 saturated heterocycles. The molecule has 2 aromatic heterocycles. The van der Waals surface area contributed by atoms with Crippen molar-refractivity contribution in [3.63, 3.8) is 0 Å². The molecule has 0 aromatic carbocycles. The van der Waals surface area contributed by atoms with E-state index in [0.717, 1.165) is 5.69 Å². The van der Waals surface area contributed by atoms with Gasteiger partial charge in [0.2, 0.25) is 0 Å². The Labute approximate surface area is 101 Å². The third-order valence-electron chi connectivity index (χ3n) is 2.12. The van der Waals surface area contributed by atoms with Crippen molar-refractivity contribution < 1.29 is 14.4 Å². The molecular weight excluding hydrogens is 242 g/mol. The Morgan fingerprint density at radius 1 is 1.59 bits per heavy atom. The number of aromatic carboxylic acids is 1. The van der Waals surface area contributed by atoms with Crippen LogP contribution in [0.2, 0.25) is 0 Å². The van der Waals surface area contributed by atoms with Crippen LogP contribution in [0.5, 0.6) is 0 Å². The summed E-state index contributed by atoms with van der Waals surface area (Å²) in [6, 6.07) is 1.43. The van der Waals surface area contributed by atoms with Gasteiger partial charge < -0.3 is 9.63 Å². The lowest BCUT2D eigenvalue weighted by molar-refractivity contribution is 0.0685. The van der Waals surface area contributed by atoms with E-state index in [4.69, 9.17) is 9.63 Å². The number of thiazole rings is 1. The van der Waals surface area contributed by atoms with E-state index in [0.29, 0.717) is 18.8 Å². The lowest BCUT2D eigenvalue weighted by Gasteiger charge is -2.12. The first-order valence-electron chi connectivity index (χ1n) is 4.89. The van der Waals surface area contributed by atoms with Crippen LogP contribution in [-0.4, -0.2) is 33.2 Å². The molecular formula is C10H11N3O3S. The van der Waals surface area contributed by atoms with Gasteiger partial charge in [0.1, 0.15) is 0 Å². The maximum absolute atomic E-state index is 10.6. The maximum Gasteiger partial charge on any atom is 0.358 e. The molecule has 0 aliphatic heterocycles. The van der Waals surface area contributed by atoms with Crippen LogP contribution in [0, 0.1) is 0 Å². The second-order valence-electron chi connectivity index (χ2n) is 3.64. The number of carboxylic acids is 1. The molecule has 0 aliphatic rings. The zero-order chi connectivity index (χ0) is 12.3. The van der Waals surface area contributed by atoms with Gasteiger partial charge in [0, 0.05) is 18.0 Å². The Balaban J connectivity index is 1.93. The molecule has 2 aromatic rings. The van der Waals surface area contributed by atoms with Crippen molar-refractivity contribution in [3.8, 4) is 0 Å². The predicted molar refractivity (Wildman–Crippen MR) is 60.7 cm³/mol. The summed E-state index contributed by atoms with van der Waals surface area (Å²) < 4.78 is 4.93. The molecule has 0 spiro atoms. The van der Waals surface area contributed by atoms with Gasteiger partial charge in [-0.25, -0.2) is 9.78 Å². The van der Waals surface area contributed by atoms with Gasteiger partial charge in [0.05, 0.1) is 17.7 Å². The molecule has 0 unspecified atom stereocenters. The average molecular weight is 253 g/mol. The first-order valence-corrected chi connectivity index (χ1v) is 5.84. The van der Waals surface area contributed by atoms with Crippen LogP contribution in [-0.2, 0) is 13.1 Å². The van der Waals surface area contributed by atoms with Gasteiger partial charge in [-0.3, -0.25) is 4.90 Å². The smallest absolute Gasteiger partial charge is 0.358 e. The first-order chi connectivity index (χ1) is 8.15. The van der Waals surface area contributed by atoms with Crippen molar-refractivity contribution in [2.45, 2.75) is 13.1 Å². The topological polar surface area (TPSA) is 79.5 Å². The summed E-state index contributed by atoms with van der Waals surface area (Å²) in [7, 11) is 1.91. The summed E-state index contributed by atoms with van der Waals surface area (Å²) in [4.78, 5) is 16.8. The zero-order valence-electron chi connectivity index (χ0n) is 9.16. The Kier molecular flexibility index (Phi) is 3.50. The van der Waals surface area contributed by atoms with Gasteiger partial charge in [-0.05, 0) is 7.05 Å². The number of nitrogens with zero attached hydrogens (tertiary/aromatic N) is 3. The van der Waals surface area contributed by atoms with E-state index in [-0.39, 0.29) is 5.69 Å². The lowest BCUT2D eigenvalue weighted by Crippen LogP contribution is -2.17. The number of carboxylic acid groups (broad SMARTS) is 1. The molecule has 0 amide bonds. The molecule has 0 radical (unpaired) electrons. The highest BCUT2D eigenvalue weighted by Gasteiger charge is 2.12. The molecule has 0 fully saturated rings. The van der Waals surface area contributed by atoms with Gasteiger partial charge >= 0.3 is 5.97 Å². The van der Waals surface area contributed by atoms with Crippen LogP contribution < -0.4 is 0 Å². The fraction of sp³-hybridized carbons (Fsp3) is 0.300. The van der Waals surface area contributed by atoms with Crippen LogP contribution in [0.3, 0.4) is 0 Å². The second kappa shape index (κ2) is 5.07. The van der Waals surface area contributed by atoms with Crippen LogP contribution in [0.25, 0.3) is 0 Å². The highest BCUT2D eigenvalue weighted by atomic mass is 32.1. The van der Waals surface area contributed by atoms with Crippen LogP contribution in [0.1, 0.15) is 21.9 Å². The Morgan fingerprint density at radius 2 is 2.41 bits per heavy atom. The number of hydrogen-bond donors (Lipinski definition) is 1. The minimum absolute atomic E-state index is 0.0675. The molecule has 2 heterocycles. The molecule has 6 nitrogen and oxygen atoms in total. The maximum atomic E-state index is 10.6. The van der Waals surface area contributed by atoms with Crippen molar-refractivity contribution in [3.05, 3.63) is 34.1 Å². The lowest BCUT2D eigenvalue weighted by atomic mass is 10.3.